The lowest BCUT2D eigenvalue weighted by atomic mass is 10.1. The number of alkyl halides is 1. The van der Waals surface area contributed by atoms with Crippen molar-refractivity contribution in [2.24, 2.45) is 0 Å². The molecule has 2 radical (unpaired) electrons. The Balaban J connectivity index is 1.39. The summed E-state index contributed by atoms with van der Waals surface area (Å²) in [5.74, 6) is 1.92. The number of fused-ring (bicyclic) bond motifs is 1. The molecule has 0 atom stereocenters. The number of benzene rings is 2. The van der Waals surface area contributed by atoms with Gasteiger partial charge in [0.15, 0.2) is 0 Å². The maximum absolute atomic E-state index is 13.2. The van der Waals surface area contributed by atoms with E-state index in [1.54, 1.807) is 31.8 Å². The molecule has 168 valence electrons. The molecule has 0 fully saturated rings. The van der Waals surface area contributed by atoms with Crippen molar-refractivity contribution in [2.45, 2.75) is 6.54 Å². The predicted molar refractivity (Wildman–Crippen MR) is 125 cm³/mol. The quantitative estimate of drug-likeness (QED) is 0.324. The van der Waals surface area contributed by atoms with Gasteiger partial charge in [-0.2, -0.15) is 0 Å². The number of ether oxygens (including phenoxy) is 2. The van der Waals surface area contributed by atoms with Gasteiger partial charge in [0.25, 0.3) is 0 Å². The van der Waals surface area contributed by atoms with Crippen LogP contribution in [0.4, 0.5) is 4.39 Å². The molecule has 0 N–H and O–H groups in total. The Morgan fingerprint density at radius 2 is 1.68 bits per heavy atom. The van der Waals surface area contributed by atoms with Crippen molar-refractivity contribution in [3.63, 3.8) is 0 Å². The molecule has 2 aromatic carbocycles. The summed E-state index contributed by atoms with van der Waals surface area (Å²) in [5.41, 5.74) is 3.67. The second kappa shape index (κ2) is 9.66. The number of aryl methyl sites for hydroxylation is 1. The van der Waals surface area contributed by atoms with Crippen LogP contribution in [0.1, 0.15) is 11.4 Å². The highest BCUT2D eigenvalue weighted by atomic mass is 19.1. The first kappa shape index (κ1) is 21.5. The van der Waals surface area contributed by atoms with Crippen LogP contribution in [0.25, 0.3) is 22.3 Å². The summed E-state index contributed by atoms with van der Waals surface area (Å²) in [6, 6.07) is 18.6. The molecule has 5 rings (SSSR count). The van der Waals surface area contributed by atoms with Crippen molar-refractivity contribution in [3.05, 3.63) is 97.1 Å². The summed E-state index contributed by atoms with van der Waals surface area (Å²) in [5, 5.41) is 0. The Morgan fingerprint density at radius 3 is 2.50 bits per heavy atom. The van der Waals surface area contributed by atoms with Crippen molar-refractivity contribution in [2.75, 3.05) is 13.8 Å². The molecule has 0 amide bonds. The molecular weight excluding hydrogens is 433 g/mol. The van der Waals surface area contributed by atoms with Gasteiger partial charge in [-0.3, -0.25) is 0 Å². The first-order valence-electron chi connectivity index (χ1n) is 10.6. The fourth-order valence-corrected chi connectivity index (χ4v) is 3.65. The Hall–Kier alpha value is -4.33. The summed E-state index contributed by atoms with van der Waals surface area (Å²) < 4.78 is 26.4. The molecule has 3 heterocycles. The number of aromatic nitrogens is 5. The average Bonchev–Trinajstić information content (AvgIpc) is 3.22. The molecule has 34 heavy (non-hydrogen) atoms. The first-order valence-corrected chi connectivity index (χ1v) is 10.6. The Bertz CT molecular complexity index is 1420. The molecule has 8 heteroatoms. The van der Waals surface area contributed by atoms with Crippen molar-refractivity contribution in [1.29, 1.82) is 0 Å². The molecule has 0 aliphatic rings. The maximum Gasteiger partial charge on any atom is 0.246 e. The van der Waals surface area contributed by atoms with Crippen LogP contribution in [-0.2, 0) is 6.54 Å². The van der Waals surface area contributed by atoms with Gasteiger partial charge in [-0.15, -0.1) is 0 Å². The van der Waals surface area contributed by atoms with Crippen LogP contribution in [0.15, 0.2) is 79.3 Å². The van der Waals surface area contributed by atoms with E-state index in [2.05, 4.69) is 26.4 Å². The molecule has 0 unspecified atom stereocenters. The highest BCUT2D eigenvalue weighted by Gasteiger charge is 2.16. The summed E-state index contributed by atoms with van der Waals surface area (Å²) in [7, 11) is 1.55. The lowest BCUT2D eigenvalue weighted by Gasteiger charge is -2.11. The minimum Gasteiger partial charge on any atom is -0.481 e. The number of hydrogen-bond acceptors (Lipinski definition) is 6. The Labute approximate surface area is 195 Å². The van der Waals surface area contributed by atoms with Crippen LogP contribution in [0, 0.1) is 6.42 Å². The zero-order chi connectivity index (χ0) is 23.3. The van der Waals surface area contributed by atoms with E-state index < -0.39 is 6.67 Å². The molecule has 0 bridgehead atoms. The van der Waals surface area contributed by atoms with Gasteiger partial charge < -0.3 is 14.0 Å². The average molecular weight is 453 g/mol. The lowest BCUT2D eigenvalue weighted by Crippen LogP contribution is -2.05. The molecule has 3 aromatic heterocycles. The van der Waals surface area contributed by atoms with Crippen molar-refractivity contribution < 1.29 is 13.9 Å². The maximum atomic E-state index is 13.2. The second-order valence-electron chi connectivity index (χ2n) is 7.29. The van der Waals surface area contributed by atoms with Crippen LogP contribution in [0.5, 0.6) is 17.5 Å². The minimum absolute atomic E-state index is 0.220. The minimum atomic E-state index is -0.482. The number of methoxy groups -OCH3 is 1. The molecular formula is C26H20FN5O2. The van der Waals surface area contributed by atoms with Crippen LogP contribution in [-0.4, -0.2) is 38.3 Å². The third-order valence-corrected chi connectivity index (χ3v) is 5.17. The highest BCUT2D eigenvalue weighted by molar-refractivity contribution is 5.76. The van der Waals surface area contributed by atoms with Crippen LogP contribution in [0.3, 0.4) is 0 Å². The number of halogens is 1. The summed E-state index contributed by atoms with van der Waals surface area (Å²) in [4.78, 5) is 17.6. The number of imidazole rings is 1. The van der Waals surface area contributed by atoms with E-state index in [4.69, 9.17) is 9.47 Å². The number of rotatable bonds is 8. The Morgan fingerprint density at radius 1 is 0.882 bits per heavy atom. The third-order valence-electron chi connectivity index (χ3n) is 5.17. The van der Waals surface area contributed by atoms with Gasteiger partial charge in [0.05, 0.1) is 36.7 Å². The summed E-state index contributed by atoms with van der Waals surface area (Å²) in [6.07, 6.45) is 8.06. The zero-order valence-electron chi connectivity index (χ0n) is 18.4. The van der Waals surface area contributed by atoms with E-state index in [0.29, 0.717) is 34.6 Å². The smallest absolute Gasteiger partial charge is 0.246 e. The fourth-order valence-electron chi connectivity index (χ4n) is 3.65. The fraction of sp³-hybridized carbons (Fsp3) is 0.115. The molecule has 0 aliphatic carbocycles. The molecule has 7 nitrogen and oxygen atoms in total. The standard InChI is InChI=1S/C26H20FN5O2/c1-33-25-20(5-4-13-29-25)24-26(30-15-14-28-24)34-19-10-8-18(9-11-19)17-23-31-21-6-2-3-7-22(21)32(23)16-12-27/h2-11,13-15H,12,16H2,1H3. The van der Waals surface area contributed by atoms with Crippen LogP contribution >= 0.6 is 0 Å². The van der Waals surface area contributed by atoms with E-state index >= 15 is 0 Å². The van der Waals surface area contributed by atoms with E-state index in [1.807, 2.05) is 59.2 Å². The van der Waals surface area contributed by atoms with Gasteiger partial charge in [0, 0.05) is 18.6 Å². The van der Waals surface area contributed by atoms with Crippen molar-refractivity contribution >= 4 is 11.0 Å². The zero-order valence-corrected chi connectivity index (χ0v) is 18.4. The van der Waals surface area contributed by atoms with Gasteiger partial charge in [-0.25, -0.2) is 24.3 Å². The highest BCUT2D eigenvalue weighted by Crippen LogP contribution is 2.34. The molecule has 5 aromatic rings. The van der Waals surface area contributed by atoms with E-state index in [9.17, 15) is 4.39 Å². The Kier molecular flexibility index (Phi) is 6.11. The normalized spacial score (nSPS) is 11.0. The van der Waals surface area contributed by atoms with E-state index in [1.165, 1.54) is 0 Å². The molecule has 0 spiro atoms. The van der Waals surface area contributed by atoms with Crippen LogP contribution in [0.2, 0.25) is 0 Å². The SMILES string of the molecule is COc1ncccc1-c1nccnc1Oc1ccc([C]c2nc3ccccc3n2CCF)cc1. The second-order valence-corrected chi connectivity index (χ2v) is 7.29. The summed E-state index contributed by atoms with van der Waals surface area (Å²) >= 11 is 0. The third kappa shape index (κ3) is 4.30. The van der Waals surface area contributed by atoms with Crippen molar-refractivity contribution in [1.82, 2.24) is 24.5 Å². The first-order chi connectivity index (χ1) is 16.8. The molecule has 0 saturated heterocycles. The monoisotopic (exact) mass is 453 g/mol. The van der Waals surface area contributed by atoms with Gasteiger partial charge in [-0.05, 0) is 42.0 Å². The van der Waals surface area contributed by atoms with Gasteiger partial charge in [0.2, 0.25) is 11.8 Å². The van der Waals surface area contributed by atoms with E-state index in [-0.39, 0.29) is 6.54 Å². The van der Waals surface area contributed by atoms with Crippen LogP contribution < -0.4 is 9.47 Å². The number of para-hydroxylation sites is 2. The van der Waals surface area contributed by atoms with E-state index in [0.717, 1.165) is 16.6 Å². The topological polar surface area (TPSA) is 75.0 Å². The molecule has 0 aliphatic heterocycles. The van der Waals surface area contributed by atoms with Gasteiger partial charge in [0.1, 0.15) is 23.9 Å². The number of nitrogens with zero attached hydrogens (tertiary/aromatic N) is 5. The predicted octanol–water partition coefficient (Wildman–Crippen LogP) is 5.14. The van der Waals surface area contributed by atoms with Crippen molar-refractivity contribution in [3.8, 4) is 28.8 Å². The van der Waals surface area contributed by atoms with Gasteiger partial charge in [-0.1, -0.05) is 24.3 Å². The van der Waals surface area contributed by atoms with Gasteiger partial charge >= 0.3 is 0 Å². The summed E-state index contributed by atoms with van der Waals surface area (Å²) in [6.45, 7) is -0.263. The molecule has 0 saturated carbocycles. The number of hydrogen-bond donors (Lipinski definition) is 0. The lowest BCUT2D eigenvalue weighted by molar-refractivity contribution is 0.398. The number of pyridine rings is 1. The largest absolute Gasteiger partial charge is 0.481 e.